The molecule has 1 heterocycles. The van der Waals surface area contributed by atoms with Crippen LogP contribution in [0.25, 0.3) is 6.08 Å². The maximum atomic E-state index is 12.0. The average molecular weight is 332 g/mol. The molecule has 1 N–H and O–H groups in total. The lowest BCUT2D eigenvalue weighted by Gasteiger charge is -2.18. The van der Waals surface area contributed by atoms with Crippen LogP contribution in [0.3, 0.4) is 0 Å². The molecule has 0 spiro atoms. The number of hydrogen-bond acceptors (Lipinski definition) is 3. The van der Waals surface area contributed by atoms with Gasteiger partial charge in [-0.2, -0.15) is 0 Å². The molecule has 1 atom stereocenters. The molecule has 20 heavy (non-hydrogen) atoms. The van der Waals surface area contributed by atoms with Crippen molar-refractivity contribution in [1.29, 1.82) is 0 Å². The van der Waals surface area contributed by atoms with Crippen molar-refractivity contribution in [3.63, 3.8) is 0 Å². The van der Waals surface area contributed by atoms with E-state index in [1.54, 1.807) is 18.2 Å². The van der Waals surface area contributed by atoms with Gasteiger partial charge in [-0.1, -0.05) is 29.3 Å². The van der Waals surface area contributed by atoms with Crippen LogP contribution < -0.4 is 0 Å². The second kappa shape index (κ2) is 6.52. The molecule has 1 aromatic carbocycles. The molecule has 2 rings (SSSR count). The van der Waals surface area contributed by atoms with Crippen molar-refractivity contribution in [2.45, 2.75) is 6.04 Å². The molecule has 106 valence electrons. The summed E-state index contributed by atoms with van der Waals surface area (Å²) >= 11 is 13.4. The van der Waals surface area contributed by atoms with E-state index < -0.39 is 12.0 Å². The molecule has 0 aromatic heterocycles. The summed E-state index contributed by atoms with van der Waals surface area (Å²) in [6.07, 6.45) is 2.81. The van der Waals surface area contributed by atoms with Crippen LogP contribution in [0.5, 0.6) is 0 Å². The van der Waals surface area contributed by atoms with Crippen molar-refractivity contribution in [2.75, 3.05) is 11.6 Å². The second-order valence-electron chi connectivity index (χ2n) is 4.13. The first-order valence-corrected chi connectivity index (χ1v) is 7.65. The van der Waals surface area contributed by atoms with E-state index in [0.717, 1.165) is 0 Å². The summed E-state index contributed by atoms with van der Waals surface area (Å²) in [6.45, 7) is 0. The third kappa shape index (κ3) is 3.29. The van der Waals surface area contributed by atoms with E-state index in [9.17, 15) is 9.59 Å². The lowest BCUT2D eigenvalue weighted by Crippen LogP contribution is -2.40. The van der Waals surface area contributed by atoms with Gasteiger partial charge in [-0.05, 0) is 18.2 Å². The number of carboxylic acids is 1. The standard InChI is InChI=1S/C13H11Cl2NO3S/c14-9-2-1-3-10(15)8(9)4-5-12(17)16-7-20-6-11(16)13(18)19/h1-5,11H,6-7H2,(H,18,19)/b5-4+. The van der Waals surface area contributed by atoms with Crippen LogP contribution in [0.1, 0.15) is 5.56 Å². The highest BCUT2D eigenvalue weighted by molar-refractivity contribution is 7.99. The molecule has 1 aliphatic rings. The number of benzene rings is 1. The predicted octanol–water partition coefficient (Wildman–Crippen LogP) is 2.99. The molecular weight excluding hydrogens is 321 g/mol. The van der Waals surface area contributed by atoms with Gasteiger partial charge in [0.25, 0.3) is 0 Å². The van der Waals surface area contributed by atoms with E-state index >= 15 is 0 Å². The van der Waals surface area contributed by atoms with Crippen molar-refractivity contribution in [1.82, 2.24) is 4.90 Å². The molecule has 0 saturated carbocycles. The Hall–Kier alpha value is -1.17. The van der Waals surface area contributed by atoms with Gasteiger partial charge in [0.2, 0.25) is 5.91 Å². The molecule has 1 unspecified atom stereocenters. The third-order valence-electron chi connectivity index (χ3n) is 2.84. The van der Waals surface area contributed by atoms with Crippen molar-refractivity contribution < 1.29 is 14.7 Å². The normalized spacial score (nSPS) is 18.7. The largest absolute Gasteiger partial charge is 0.480 e. The molecule has 7 heteroatoms. The Labute approximate surface area is 130 Å². The molecular formula is C13H11Cl2NO3S. The van der Waals surface area contributed by atoms with E-state index in [1.165, 1.54) is 28.8 Å². The summed E-state index contributed by atoms with van der Waals surface area (Å²) < 4.78 is 0. The van der Waals surface area contributed by atoms with Crippen LogP contribution in [0.4, 0.5) is 0 Å². The van der Waals surface area contributed by atoms with Gasteiger partial charge in [-0.25, -0.2) is 4.79 Å². The monoisotopic (exact) mass is 331 g/mol. The van der Waals surface area contributed by atoms with E-state index in [-0.39, 0.29) is 5.91 Å². The minimum atomic E-state index is -0.993. The molecule has 1 amide bonds. The molecule has 1 fully saturated rings. The van der Waals surface area contributed by atoms with Gasteiger partial charge in [0, 0.05) is 27.4 Å². The van der Waals surface area contributed by atoms with Crippen LogP contribution in [0.15, 0.2) is 24.3 Å². The Balaban J connectivity index is 2.15. The zero-order valence-electron chi connectivity index (χ0n) is 10.3. The Morgan fingerprint density at radius 2 is 2.00 bits per heavy atom. The van der Waals surface area contributed by atoms with Gasteiger partial charge in [-0.15, -0.1) is 11.8 Å². The molecule has 0 bridgehead atoms. The van der Waals surface area contributed by atoms with Crippen molar-refractivity contribution >= 4 is 52.9 Å². The molecule has 0 radical (unpaired) electrons. The summed E-state index contributed by atoms with van der Waals surface area (Å²) in [5, 5.41) is 9.91. The fourth-order valence-corrected chi connectivity index (χ4v) is 3.46. The maximum Gasteiger partial charge on any atom is 0.327 e. The first-order chi connectivity index (χ1) is 9.50. The number of thioether (sulfide) groups is 1. The summed E-state index contributed by atoms with van der Waals surface area (Å²) in [5.41, 5.74) is 0.544. The fourth-order valence-electron chi connectivity index (χ4n) is 1.78. The molecule has 1 aromatic rings. The first-order valence-electron chi connectivity index (χ1n) is 5.74. The maximum absolute atomic E-state index is 12.0. The summed E-state index contributed by atoms with van der Waals surface area (Å²) in [6, 6.07) is 4.27. The number of carbonyl (C=O) groups excluding carboxylic acids is 1. The molecule has 4 nitrogen and oxygen atoms in total. The van der Waals surface area contributed by atoms with Crippen LogP contribution in [-0.4, -0.2) is 39.6 Å². The van der Waals surface area contributed by atoms with Gasteiger partial charge in [0.1, 0.15) is 6.04 Å². The molecule has 1 aliphatic heterocycles. The number of carbonyl (C=O) groups is 2. The number of aliphatic carboxylic acids is 1. The van der Waals surface area contributed by atoms with Gasteiger partial charge < -0.3 is 10.0 Å². The second-order valence-corrected chi connectivity index (χ2v) is 5.94. The zero-order valence-corrected chi connectivity index (χ0v) is 12.6. The van der Waals surface area contributed by atoms with Gasteiger partial charge in [0.05, 0.1) is 5.88 Å². The highest BCUT2D eigenvalue weighted by atomic mass is 35.5. The van der Waals surface area contributed by atoms with Crippen molar-refractivity contribution in [3.05, 3.63) is 39.9 Å². The van der Waals surface area contributed by atoms with E-state index in [2.05, 4.69) is 0 Å². The van der Waals surface area contributed by atoms with Gasteiger partial charge in [-0.3, -0.25) is 4.79 Å². The number of rotatable bonds is 3. The summed E-state index contributed by atoms with van der Waals surface area (Å²) in [4.78, 5) is 24.4. The third-order valence-corrected chi connectivity index (χ3v) is 4.51. The van der Waals surface area contributed by atoms with Gasteiger partial charge in [0.15, 0.2) is 0 Å². The number of hydrogen-bond donors (Lipinski definition) is 1. The lowest BCUT2D eigenvalue weighted by molar-refractivity contribution is -0.146. The van der Waals surface area contributed by atoms with Gasteiger partial charge >= 0.3 is 5.97 Å². The van der Waals surface area contributed by atoms with Crippen LogP contribution in [0.2, 0.25) is 10.0 Å². The number of carboxylic acid groups (broad SMARTS) is 1. The number of halogens is 2. The highest BCUT2D eigenvalue weighted by Gasteiger charge is 2.33. The minimum Gasteiger partial charge on any atom is -0.480 e. The summed E-state index contributed by atoms with van der Waals surface area (Å²) in [5.74, 6) is -0.580. The Morgan fingerprint density at radius 1 is 1.35 bits per heavy atom. The predicted molar refractivity (Wildman–Crippen MR) is 81.1 cm³/mol. The van der Waals surface area contributed by atoms with Crippen molar-refractivity contribution in [3.8, 4) is 0 Å². The Kier molecular flexibility index (Phi) is 4.96. The average Bonchev–Trinajstić information content (AvgIpc) is 2.87. The lowest BCUT2D eigenvalue weighted by atomic mass is 10.2. The number of amides is 1. The summed E-state index contributed by atoms with van der Waals surface area (Å²) in [7, 11) is 0. The molecule has 1 saturated heterocycles. The smallest absolute Gasteiger partial charge is 0.327 e. The molecule has 0 aliphatic carbocycles. The van der Waals surface area contributed by atoms with Crippen LogP contribution in [0, 0.1) is 0 Å². The SMILES string of the molecule is O=C(O)C1CSCN1C(=O)/C=C/c1c(Cl)cccc1Cl. The van der Waals surface area contributed by atoms with Crippen molar-refractivity contribution in [2.24, 2.45) is 0 Å². The highest BCUT2D eigenvalue weighted by Crippen LogP contribution is 2.26. The van der Waals surface area contributed by atoms with E-state index in [4.69, 9.17) is 28.3 Å². The number of nitrogens with zero attached hydrogens (tertiary/aromatic N) is 1. The van der Waals surface area contributed by atoms with E-state index in [1.807, 2.05) is 0 Å². The van der Waals surface area contributed by atoms with E-state index in [0.29, 0.717) is 27.2 Å². The Morgan fingerprint density at radius 3 is 2.60 bits per heavy atom. The quantitative estimate of drug-likeness (QED) is 0.865. The minimum absolute atomic E-state index is 0.363. The topological polar surface area (TPSA) is 57.6 Å². The van der Waals surface area contributed by atoms with Crippen LogP contribution in [-0.2, 0) is 9.59 Å². The Bertz CT molecular complexity index is 556. The zero-order chi connectivity index (χ0) is 14.7. The first kappa shape index (κ1) is 15.2. The fraction of sp³-hybridized carbons (Fsp3) is 0.231. The van der Waals surface area contributed by atoms with Crippen LogP contribution >= 0.6 is 35.0 Å².